The largest absolute Gasteiger partial charge is 0.495 e. The van der Waals surface area contributed by atoms with Gasteiger partial charge in [-0.2, -0.15) is 0 Å². The van der Waals surface area contributed by atoms with Crippen LogP contribution >= 0.6 is 23.2 Å². The number of nitrogens with one attached hydrogen (secondary N) is 2. The molecule has 0 bridgehead atoms. The Hall–Kier alpha value is -2.83. The Kier molecular flexibility index (Phi) is 5.55. The molecule has 0 atom stereocenters. The molecule has 0 aliphatic carbocycles. The fraction of sp³-hybridized carbons (Fsp3) is 0.0556. The zero-order valence-corrected chi connectivity index (χ0v) is 15.2. The number of aromatic nitrogens is 2. The first-order valence-electron chi connectivity index (χ1n) is 7.54. The maximum absolute atomic E-state index is 12.3. The van der Waals surface area contributed by atoms with E-state index in [1.807, 2.05) is 0 Å². The Morgan fingerprint density at radius 2 is 1.73 bits per heavy atom. The van der Waals surface area contributed by atoms with Crippen molar-refractivity contribution in [3.63, 3.8) is 0 Å². The molecule has 132 valence electrons. The fourth-order valence-electron chi connectivity index (χ4n) is 2.17. The van der Waals surface area contributed by atoms with Crippen molar-refractivity contribution in [2.75, 3.05) is 17.7 Å². The lowest BCUT2D eigenvalue weighted by atomic mass is 10.3. The molecule has 0 aliphatic heterocycles. The summed E-state index contributed by atoms with van der Waals surface area (Å²) in [6, 6.07) is 13.6. The molecule has 1 amide bonds. The van der Waals surface area contributed by atoms with E-state index in [9.17, 15) is 4.79 Å². The summed E-state index contributed by atoms with van der Waals surface area (Å²) in [5, 5.41) is 6.88. The van der Waals surface area contributed by atoms with E-state index >= 15 is 0 Å². The summed E-state index contributed by atoms with van der Waals surface area (Å²) in [5.74, 6) is 0.677. The first kappa shape index (κ1) is 18.0. The van der Waals surface area contributed by atoms with Crippen molar-refractivity contribution in [1.29, 1.82) is 0 Å². The average Bonchev–Trinajstić information content (AvgIpc) is 2.64. The maximum atomic E-state index is 12.3. The van der Waals surface area contributed by atoms with E-state index in [2.05, 4.69) is 20.6 Å². The van der Waals surface area contributed by atoms with Crippen LogP contribution in [0, 0.1) is 0 Å². The van der Waals surface area contributed by atoms with Crippen molar-refractivity contribution in [3.8, 4) is 5.75 Å². The number of hydrogen-bond acceptors (Lipinski definition) is 5. The number of ether oxygens (including phenoxy) is 1. The van der Waals surface area contributed by atoms with E-state index in [1.165, 1.54) is 6.33 Å². The number of rotatable bonds is 5. The first-order chi connectivity index (χ1) is 12.5. The number of carbonyl (C=O) groups is 1. The van der Waals surface area contributed by atoms with Gasteiger partial charge in [0.25, 0.3) is 5.91 Å². The second-order valence-corrected chi connectivity index (χ2v) is 6.07. The van der Waals surface area contributed by atoms with Crippen molar-refractivity contribution in [1.82, 2.24) is 9.97 Å². The zero-order chi connectivity index (χ0) is 18.5. The molecule has 0 spiro atoms. The summed E-state index contributed by atoms with van der Waals surface area (Å²) in [6.07, 6.45) is 1.31. The van der Waals surface area contributed by atoms with Crippen LogP contribution in [0.5, 0.6) is 5.75 Å². The fourth-order valence-corrected chi connectivity index (χ4v) is 2.55. The highest BCUT2D eigenvalue weighted by atomic mass is 35.5. The normalized spacial score (nSPS) is 10.3. The first-order valence-corrected chi connectivity index (χ1v) is 8.30. The molecule has 1 aromatic heterocycles. The SMILES string of the molecule is COc1ccc(Nc2cc(C(=O)Nc3ccc(Cl)cc3)ncn2)cc1Cl. The minimum atomic E-state index is -0.356. The highest BCUT2D eigenvalue weighted by Crippen LogP contribution is 2.28. The summed E-state index contributed by atoms with van der Waals surface area (Å²) < 4.78 is 5.12. The Morgan fingerprint density at radius 1 is 1.00 bits per heavy atom. The predicted octanol–water partition coefficient (Wildman–Crippen LogP) is 4.79. The van der Waals surface area contributed by atoms with Crippen molar-refractivity contribution in [2.45, 2.75) is 0 Å². The lowest BCUT2D eigenvalue weighted by Gasteiger charge is -2.09. The molecule has 3 rings (SSSR count). The second kappa shape index (κ2) is 8.03. The molecule has 0 radical (unpaired) electrons. The van der Waals surface area contributed by atoms with Gasteiger partial charge in [0.2, 0.25) is 0 Å². The van der Waals surface area contributed by atoms with Gasteiger partial charge in [-0.3, -0.25) is 4.79 Å². The van der Waals surface area contributed by atoms with Crippen LogP contribution in [-0.4, -0.2) is 23.0 Å². The topological polar surface area (TPSA) is 76.1 Å². The monoisotopic (exact) mass is 388 g/mol. The Morgan fingerprint density at radius 3 is 2.42 bits per heavy atom. The van der Waals surface area contributed by atoms with Crippen LogP contribution in [0.4, 0.5) is 17.2 Å². The highest BCUT2D eigenvalue weighted by molar-refractivity contribution is 6.32. The lowest BCUT2D eigenvalue weighted by Crippen LogP contribution is -2.14. The summed E-state index contributed by atoms with van der Waals surface area (Å²) in [4.78, 5) is 20.5. The molecule has 8 heteroatoms. The number of halogens is 2. The third-order valence-corrected chi connectivity index (χ3v) is 3.97. The molecular weight excluding hydrogens is 375 g/mol. The van der Waals surface area contributed by atoms with E-state index in [0.29, 0.717) is 33.0 Å². The van der Waals surface area contributed by atoms with Gasteiger partial charge < -0.3 is 15.4 Å². The van der Waals surface area contributed by atoms with Crippen molar-refractivity contribution < 1.29 is 9.53 Å². The predicted molar refractivity (Wildman–Crippen MR) is 103 cm³/mol. The van der Waals surface area contributed by atoms with E-state index in [0.717, 1.165) is 0 Å². The van der Waals surface area contributed by atoms with Crippen molar-refractivity contribution in [3.05, 3.63) is 70.6 Å². The molecule has 1 heterocycles. The molecule has 0 saturated heterocycles. The summed E-state index contributed by atoms with van der Waals surface area (Å²) in [7, 11) is 1.55. The maximum Gasteiger partial charge on any atom is 0.274 e. The Balaban J connectivity index is 1.74. The Bertz CT molecular complexity index is 933. The Labute approximate surface area is 160 Å². The van der Waals surface area contributed by atoms with Crippen LogP contribution < -0.4 is 15.4 Å². The molecule has 2 N–H and O–H groups in total. The number of anilines is 3. The standard InChI is InChI=1S/C18H14Cl2N4O2/c1-26-16-7-6-13(8-14(16)20)23-17-9-15(21-10-22-17)18(25)24-12-4-2-11(19)3-5-12/h2-10H,1H3,(H,24,25)(H,21,22,23). The molecule has 0 aliphatic rings. The molecule has 0 fully saturated rings. The zero-order valence-electron chi connectivity index (χ0n) is 13.7. The minimum Gasteiger partial charge on any atom is -0.495 e. The lowest BCUT2D eigenvalue weighted by molar-refractivity contribution is 0.102. The number of benzene rings is 2. The quantitative estimate of drug-likeness (QED) is 0.656. The van der Waals surface area contributed by atoms with E-state index in [1.54, 1.807) is 55.6 Å². The number of methoxy groups -OCH3 is 1. The number of carbonyl (C=O) groups excluding carboxylic acids is 1. The molecule has 3 aromatic rings. The van der Waals surface area contributed by atoms with Gasteiger partial charge >= 0.3 is 0 Å². The van der Waals surface area contributed by atoms with Gasteiger partial charge in [-0.25, -0.2) is 9.97 Å². The third-order valence-electron chi connectivity index (χ3n) is 3.43. The van der Waals surface area contributed by atoms with Crippen LogP contribution in [0.25, 0.3) is 0 Å². The van der Waals surface area contributed by atoms with Crippen molar-refractivity contribution in [2.24, 2.45) is 0 Å². The molecule has 0 saturated carbocycles. The van der Waals surface area contributed by atoms with Gasteiger partial charge in [-0.05, 0) is 42.5 Å². The average molecular weight is 389 g/mol. The van der Waals surface area contributed by atoms with E-state index in [4.69, 9.17) is 27.9 Å². The van der Waals surface area contributed by atoms with E-state index < -0.39 is 0 Å². The van der Waals surface area contributed by atoms with Gasteiger partial charge in [0, 0.05) is 22.5 Å². The van der Waals surface area contributed by atoms with Crippen molar-refractivity contribution >= 4 is 46.3 Å². The molecule has 6 nitrogen and oxygen atoms in total. The van der Waals surface area contributed by atoms with Gasteiger partial charge in [-0.15, -0.1) is 0 Å². The van der Waals surface area contributed by atoms with Gasteiger partial charge in [0.15, 0.2) is 0 Å². The van der Waals surface area contributed by atoms with Crippen LogP contribution in [0.3, 0.4) is 0 Å². The van der Waals surface area contributed by atoms with Gasteiger partial charge in [0.1, 0.15) is 23.6 Å². The molecule has 2 aromatic carbocycles. The van der Waals surface area contributed by atoms with E-state index in [-0.39, 0.29) is 11.6 Å². The van der Waals surface area contributed by atoms with Crippen LogP contribution in [0.2, 0.25) is 10.0 Å². The molecule has 26 heavy (non-hydrogen) atoms. The second-order valence-electron chi connectivity index (χ2n) is 5.22. The summed E-state index contributed by atoms with van der Waals surface area (Å²) in [5.41, 5.74) is 1.55. The third kappa shape index (κ3) is 4.41. The minimum absolute atomic E-state index is 0.219. The molecule has 0 unspecified atom stereocenters. The molecular formula is C18H14Cl2N4O2. The summed E-state index contributed by atoms with van der Waals surface area (Å²) >= 11 is 11.9. The summed E-state index contributed by atoms with van der Waals surface area (Å²) in [6.45, 7) is 0. The van der Waals surface area contributed by atoms with Crippen LogP contribution in [-0.2, 0) is 0 Å². The number of amides is 1. The van der Waals surface area contributed by atoms with Crippen LogP contribution in [0.1, 0.15) is 10.5 Å². The number of nitrogens with zero attached hydrogens (tertiary/aromatic N) is 2. The van der Waals surface area contributed by atoms with Gasteiger partial charge in [0.05, 0.1) is 12.1 Å². The van der Waals surface area contributed by atoms with Crippen LogP contribution in [0.15, 0.2) is 54.9 Å². The smallest absolute Gasteiger partial charge is 0.274 e. The number of hydrogen-bond donors (Lipinski definition) is 2. The van der Waals surface area contributed by atoms with Gasteiger partial charge in [-0.1, -0.05) is 23.2 Å². The highest BCUT2D eigenvalue weighted by Gasteiger charge is 2.10.